The van der Waals surface area contributed by atoms with E-state index in [1.54, 1.807) is 36.4 Å². The number of aryl methyl sites for hydroxylation is 2. The molecule has 32 heavy (non-hydrogen) atoms. The molecule has 6 nitrogen and oxygen atoms in total. The first-order chi connectivity index (χ1) is 15.3. The van der Waals surface area contributed by atoms with E-state index in [9.17, 15) is 9.59 Å². The quantitative estimate of drug-likeness (QED) is 0.292. The van der Waals surface area contributed by atoms with Gasteiger partial charge in [-0.3, -0.25) is 9.59 Å². The lowest BCUT2D eigenvalue weighted by Crippen LogP contribution is -2.21. The summed E-state index contributed by atoms with van der Waals surface area (Å²) in [5.74, 6) is -0.179. The predicted molar refractivity (Wildman–Crippen MR) is 133 cm³/mol. The smallest absolute Gasteiger partial charge is 0.271 e. The van der Waals surface area contributed by atoms with Crippen molar-refractivity contribution in [2.24, 2.45) is 5.10 Å². The maximum atomic E-state index is 12.4. The fourth-order valence-electron chi connectivity index (χ4n) is 2.84. The zero-order chi connectivity index (χ0) is 23.1. The third-order valence-corrected chi connectivity index (χ3v) is 5.50. The summed E-state index contributed by atoms with van der Waals surface area (Å²) >= 11 is 6.89. The van der Waals surface area contributed by atoms with Crippen LogP contribution in [0.3, 0.4) is 0 Å². The Balaban J connectivity index is 1.69. The van der Waals surface area contributed by atoms with Gasteiger partial charge in [0.05, 0.1) is 10.7 Å². The first kappa shape index (κ1) is 23.7. The fraction of sp³-hybridized carbons (Fsp3) is 0.125. The number of nitrogens with one attached hydrogen (secondary N) is 2. The maximum Gasteiger partial charge on any atom is 0.271 e. The molecule has 0 aliphatic heterocycles. The molecule has 0 atom stereocenters. The molecule has 2 amide bonds. The minimum absolute atomic E-state index is 0.190. The third kappa shape index (κ3) is 6.51. The highest BCUT2D eigenvalue weighted by Gasteiger charge is 2.13. The van der Waals surface area contributed by atoms with Gasteiger partial charge in [-0.05, 0) is 71.2 Å². The number of halogens is 2. The van der Waals surface area contributed by atoms with Crippen LogP contribution in [0, 0.1) is 13.8 Å². The minimum Gasteiger partial charge on any atom is -0.482 e. The molecule has 0 spiro atoms. The van der Waals surface area contributed by atoms with Crippen LogP contribution in [0.1, 0.15) is 27.0 Å². The molecule has 0 fully saturated rings. The van der Waals surface area contributed by atoms with Crippen LogP contribution in [0.5, 0.6) is 5.75 Å². The molecule has 0 aromatic heterocycles. The van der Waals surface area contributed by atoms with Crippen LogP contribution in [0.4, 0.5) is 5.69 Å². The van der Waals surface area contributed by atoms with Crippen LogP contribution in [0.15, 0.2) is 74.7 Å². The fourth-order valence-corrected chi connectivity index (χ4v) is 4.21. The van der Waals surface area contributed by atoms with Crippen LogP contribution >= 0.6 is 31.9 Å². The number of carbonyl (C=O) groups excluding carboxylic acids is 2. The number of carbonyl (C=O) groups is 2. The number of hydrogen-bond acceptors (Lipinski definition) is 4. The van der Waals surface area contributed by atoms with Crippen molar-refractivity contribution >= 4 is 55.6 Å². The highest BCUT2D eigenvalue weighted by Crippen LogP contribution is 2.32. The van der Waals surface area contributed by atoms with E-state index < -0.39 is 0 Å². The SMILES string of the molecule is Cc1ccc(C)c(NC(=O)COc2c(Br)cc(Br)cc2/C=N/NC(=O)c2ccccc2)c1. The molecule has 0 heterocycles. The van der Waals surface area contributed by atoms with Crippen molar-refractivity contribution < 1.29 is 14.3 Å². The van der Waals surface area contributed by atoms with Gasteiger partial charge in [0.25, 0.3) is 11.8 Å². The number of hydrogen-bond donors (Lipinski definition) is 2. The van der Waals surface area contributed by atoms with Crippen LogP contribution in [-0.4, -0.2) is 24.6 Å². The molecular weight excluding hydrogens is 538 g/mol. The van der Waals surface area contributed by atoms with E-state index in [0.29, 0.717) is 21.3 Å². The number of amides is 2. The van der Waals surface area contributed by atoms with Gasteiger partial charge >= 0.3 is 0 Å². The van der Waals surface area contributed by atoms with Gasteiger partial charge in [0.1, 0.15) is 5.75 Å². The molecule has 0 unspecified atom stereocenters. The van der Waals surface area contributed by atoms with Crippen LogP contribution < -0.4 is 15.5 Å². The van der Waals surface area contributed by atoms with Gasteiger partial charge in [-0.2, -0.15) is 5.10 Å². The second kappa shape index (κ2) is 11.1. The molecule has 0 bridgehead atoms. The van der Waals surface area contributed by atoms with E-state index in [4.69, 9.17) is 4.74 Å². The van der Waals surface area contributed by atoms with Crippen molar-refractivity contribution in [2.45, 2.75) is 13.8 Å². The monoisotopic (exact) mass is 557 g/mol. The van der Waals surface area contributed by atoms with E-state index in [-0.39, 0.29) is 18.4 Å². The Kier molecular flexibility index (Phi) is 8.19. The largest absolute Gasteiger partial charge is 0.482 e. The summed E-state index contributed by atoms with van der Waals surface area (Å²) in [6, 6.07) is 18.2. The molecule has 3 aromatic carbocycles. The Morgan fingerprint density at radius 1 is 1.03 bits per heavy atom. The van der Waals surface area contributed by atoms with Crippen molar-refractivity contribution in [1.82, 2.24) is 5.43 Å². The van der Waals surface area contributed by atoms with Crippen molar-refractivity contribution in [3.63, 3.8) is 0 Å². The van der Waals surface area contributed by atoms with Gasteiger partial charge in [0.15, 0.2) is 6.61 Å². The lowest BCUT2D eigenvalue weighted by molar-refractivity contribution is -0.118. The average Bonchev–Trinajstić information content (AvgIpc) is 2.76. The zero-order valence-corrected chi connectivity index (χ0v) is 20.7. The molecule has 2 N–H and O–H groups in total. The number of rotatable bonds is 7. The lowest BCUT2D eigenvalue weighted by atomic mass is 10.1. The van der Waals surface area contributed by atoms with E-state index in [2.05, 4.69) is 47.7 Å². The topological polar surface area (TPSA) is 79.8 Å². The van der Waals surface area contributed by atoms with Crippen molar-refractivity contribution in [3.05, 3.63) is 91.9 Å². The number of ether oxygens (including phenoxy) is 1. The lowest BCUT2D eigenvalue weighted by Gasteiger charge is -2.13. The van der Waals surface area contributed by atoms with Crippen LogP contribution in [0.25, 0.3) is 0 Å². The molecule has 0 aliphatic rings. The van der Waals surface area contributed by atoms with Crippen LogP contribution in [-0.2, 0) is 4.79 Å². The normalized spacial score (nSPS) is 10.8. The standard InChI is InChI=1S/C24H21Br2N3O3/c1-15-8-9-16(2)21(10-15)28-22(30)14-32-23-18(11-19(25)12-20(23)26)13-27-29-24(31)17-6-4-3-5-7-17/h3-13H,14H2,1-2H3,(H,28,30)(H,29,31)/b27-13+. The Bertz CT molecular complexity index is 1160. The van der Waals surface area contributed by atoms with Gasteiger partial charge in [-0.15, -0.1) is 0 Å². The Labute approximate surface area is 203 Å². The summed E-state index contributed by atoms with van der Waals surface area (Å²) in [4.78, 5) is 24.6. The highest BCUT2D eigenvalue weighted by molar-refractivity contribution is 9.11. The van der Waals surface area contributed by atoms with Gasteiger partial charge in [-0.25, -0.2) is 5.43 Å². The summed E-state index contributed by atoms with van der Waals surface area (Å²) in [5, 5.41) is 6.90. The van der Waals surface area contributed by atoms with Gasteiger partial charge < -0.3 is 10.1 Å². The minimum atomic E-state index is -0.328. The average molecular weight is 559 g/mol. The first-order valence-electron chi connectivity index (χ1n) is 9.71. The Morgan fingerprint density at radius 2 is 1.78 bits per heavy atom. The van der Waals surface area contributed by atoms with Gasteiger partial charge in [0.2, 0.25) is 0 Å². The summed E-state index contributed by atoms with van der Waals surface area (Å²) in [6.45, 7) is 3.71. The van der Waals surface area contributed by atoms with E-state index in [1.165, 1.54) is 6.21 Å². The summed E-state index contributed by atoms with van der Waals surface area (Å²) in [7, 11) is 0. The highest BCUT2D eigenvalue weighted by atomic mass is 79.9. The van der Waals surface area contributed by atoms with Crippen LogP contribution in [0.2, 0.25) is 0 Å². The van der Waals surface area contributed by atoms with Crippen molar-refractivity contribution in [2.75, 3.05) is 11.9 Å². The molecule has 3 aromatic rings. The number of benzene rings is 3. The van der Waals surface area contributed by atoms with Gasteiger partial charge in [-0.1, -0.05) is 46.3 Å². The summed E-state index contributed by atoms with van der Waals surface area (Å²) in [6.07, 6.45) is 1.47. The zero-order valence-electron chi connectivity index (χ0n) is 17.5. The van der Waals surface area contributed by atoms with Crippen molar-refractivity contribution in [1.29, 1.82) is 0 Å². The van der Waals surface area contributed by atoms with E-state index in [1.807, 2.05) is 38.1 Å². The molecule has 8 heteroatoms. The molecule has 164 valence electrons. The van der Waals surface area contributed by atoms with E-state index >= 15 is 0 Å². The predicted octanol–water partition coefficient (Wildman–Crippen LogP) is 5.61. The maximum absolute atomic E-state index is 12.4. The Hall–Kier alpha value is -2.97. The molecule has 0 radical (unpaired) electrons. The second-order valence-electron chi connectivity index (χ2n) is 7.03. The van der Waals surface area contributed by atoms with E-state index in [0.717, 1.165) is 21.3 Å². The second-order valence-corrected chi connectivity index (χ2v) is 8.80. The third-order valence-electron chi connectivity index (χ3n) is 4.46. The van der Waals surface area contributed by atoms with Crippen molar-refractivity contribution in [3.8, 4) is 5.75 Å². The summed E-state index contributed by atoms with van der Waals surface area (Å²) < 4.78 is 7.21. The number of nitrogens with zero attached hydrogens (tertiary/aromatic N) is 1. The molecule has 0 saturated heterocycles. The Morgan fingerprint density at radius 3 is 2.53 bits per heavy atom. The summed E-state index contributed by atoms with van der Waals surface area (Å²) in [5.41, 5.74) is 6.34. The molecule has 0 aliphatic carbocycles. The molecule has 3 rings (SSSR count). The number of hydrazone groups is 1. The molecule has 0 saturated carbocycles. The number of anilines is 1. The first-order valence-corrected chi connectivity index (χ1v) is 11.3. The van der Waals surface area contributed by atoms with Gasteiger partial charge in [0, 0.05) is 21.3 Å². The molecular formula is C24H21Br2N3O3.